The average molecular weight is 521 g/mol. The number of fused-ring (bicyclic) bond motifs is 1. The van der Waals surface area contributed by atoms with E-state index in [-0.39, 0.29) is 11.5 Å². The van der Waals surface area contributed by atoms with Gasteiger partial charge in [0.05, 0.1) is 11.7 Å². The number of hydrogen-bond acceptors (Lipinski definition) is 1. The lowest BCUT2D eigenvalue weighted by molar-refractivity contribution is 0.418. The zero-order valence-electron chi connectivity index (χ0n) is 25.8. The molecule has 37 heavy (non-hydrogen) atoms. The van der Waals surface area contributed by atoms with Crippen molar-refractivity contribution in [2.45, 2.75) is 87.6 Å². The van der Waals surface area contributed by atoms with E-state index in [2.05, 4.69) is 117 Å². The van der Waals surface area contributed by atoms with Crippen LogP contribution in [-0.2, 0) is 5.41 Å². The molecule has 0 saturated carbocycles. The molecule has 0 saturated heterocycles. The Morgan fingerprint density at radius 1 is 0.676 bits per heavy atom. The van der Waals surface area contributed by atoms with E-state index in [1.165, 1.54) is 33.5 Å². The van der Waals surface area contributed by atoms with Gasteiger partial charge in [0.2, 0.25) is 0 Å². The van der Waals surface area contributed by atoms with Crippen LogP contribution in [0.5, 0.6) is 0 Å². The van der Waals surface area contributed by atoms with Gasteiger partial charge in [0.1, 0.15) is 0 Å². The van der Waals surface area contributed by atoms with Gasteiger partial charge in [-0.25, -0.2) is 0 Å². The highest BCUT2D eigenvalue weighted by Gasteiger charge is 2.35. The summed E-state index contributed by atoms with van der Waals surface area (Å²) >= 11 is 5.80. The molecular weight excluding hydrogens is 468 g/mol. The van der Waals surface area contributed by atoms with Gasteiger partial charge in [0.25, 0.3) is 0 Å². The average Bonchev–Trinajstić information content (AvgIpc) is 2.97. The van der Waals surface area contributed by atoms with Crippen molar-refractivity contribution in [2.75, 3.05) is 19.0 Å². The first kappa shape index (κ1) is 34.4. The van der Waals surface area contributed by atoms with Crippen LogP contribution in [0.2, 0.25) is 0 Å². The zero-order valence-corrected chi connectivity index (χ0v) is 26.6. The quantitative estimate of drug-likeness (QED) is 0.317. The Morgan fingerprint density at radius 3 is 1.62 bits per heavy atom. The minimum absolute atomic E-state index is 0.0859. The van der Waals surface area contributed by atoms with Crippen LogP contribution in [0.15, 0.2) is 72.8 Å². The molecule has 1 heterocycles. The molecule has 0 radical (unpaired) electrons. The van der Waals surface area contributed by atoms with Crippen LogP contribution < -0.4 is 4.90 Å². The van der Waals surface area contributed by atoms with Gasteiger partial charge in [0.15, 0.2) is 5.11 Å². The summed E-state index contributed by atoms with van der Waals surface area (Å²) in [7, 11) is 4.18. The van der Waals surface area contributed by atoms with Crippen LogP contribution in [0.25, 0.3) is 0 Å². The summed E-state index contributed by atoms with van der Waals surface area (Å²) in [5.41, 5.74) is 7.64. The summed E-state index contributed by atoms with van der Waals surface area (Å²) < 4.78 is 0. The second-order valence-electron chi connectivity index (χ2n) is 8.49. The fourth-order valence-corrected chi connectivity index (χ4v) is 4.74. The summed E-state index contributed by atoms with van der Waals surface area (Å²) in [5.74, 6) is 0. The Hall–Kier alpha value is -2.65. The zero-order chi connectivity index (χ0) is 28.8. The number of nitrogens with zero attached hydrogens (tertiary/aromatic N) is 2. The Bertz CT molecular complexity index is 1040. The maximum Gasteiger partial charge on any atom is 0.176 e. The van der Waals surface area contributed by atoms with Crippen LogP contribution in [0.1, 0.15) is 103 Å². The highest BCUT2D eigenvalue weighted by Crippen LogP contribution is 2.44. The van der Waals surface area contributed by atoms with Crippen molar-refractivity contribution in [3.05, 3.63) is 101 Å². The minimum atomic E-state index is -0.0859. The van der Waals surface area contributed by atoms with Crippen LogP contribution in [-0.4, -0.2) is 24.1 Å². The van der Waals surface area contributed by atoms with Crippen molar-refractivity contribution in [2.24, 2.45) is 0 Å². The molecule has 3 aromatic rings. The van der Waals surface area contributed by atoms with Gasteiger partial charge >= 0.3 is 0 Å². The molecular formula is C34H52N2S. The summed E-state index contributed by atoms with van der Waals surface area (Å²) in [6, 6.07) is 26.3. The standard InChI is InChI=1S/C26H28N2S.4C2H6/c1-18-16-21(26(2,3)20-14-10-7-11-15-20)17-22-23(18)27(4)25(29)28(5)24(22)19-12-8-6-9-13-19;4*1-2/h6-17,24H,1-5H3;4*1-2H3. The van der Waals surface area contributed by atoms with Gasteiger partial charge in [-0.2, -0.15) is 0 Å². The molecule has 1 aliphatic rings. The van der Waals surface area contributed by atoms with E-state index in [4.69, 9.17) is 12.2 Å². The lowest BCUT2D eigenvalue weighted by Gasteiger charge is -2.43. The number of rotatable bonds is 3. The fraction of sp³-hybridized carbons (Fsp3) is 0.441. The molecule has 0 N–H and O–H groups in total. The third-order valence-corrected chi connectivity index (χ3v) is 6.83. The third kappa shape index (κ3) is 7.68. The number of benzene rings is 3. The summed E-state index contributed by atoms with van der Waals surface area (Å²) in [6.45, 7) is 22.8. The maximum atomic E-state index is 5.80. The lowest BCUT2D eigenvalue weighted by Crippen LogP contribution is -2.46. The molecule has 4 rings (SSSR count). The topological polar surface area (TPSA) is 6.48 Å². The summed E-state index contributed by atoms with van der Waals surface area (Å²) in [4.78, 5) is 4.37. The van der Waals surface area contributed by atoms with Gasteiger partial charge in [-0.1, -0.05) is 142 Å². The highest BCUT2D eigenvalue weighted by atomic mass is 32.1. The Balaban J connectivity index is 0.00000148. The SMILES string of the molecule is CC.CC.CC.CC.Cc1cc(C(C)(C)c2ccccc2)cc2c1N(C)C(=S)N(C)C2c1ccccc1. The predicted molar refractivity (Wildman–Crippen MR) is 172 cm³/mol. The first-order valence-electron chi connectivity index (χ1n) is 14.1. The molecule has 204 valence electrons. The highest BCUT2D eigenvalue weighted by molar-refractivity contribution is 7.80. The van der Waals surface area contributed by atoms with E-state index < -0.39 is 0 Å². The first-order chi connectivity index (χ1) is 17.8. The van der Waals surface area contributed by atoms with Gasteiger partial charge in [0, 0.05) is 25.1 Å². The van der Waals surface area contributed by atoms with Gasteiger partial charge < -0.3 is 9.80 Å². The largest absolute Gasteiger partial charge is 0.341 e. The first-order valence-corrected chi connectivity index (χ1v) is 14.5. The maximum absolute atomic E-state index is 5.80. The monoisotopic (exact) mass is 520 g/mol. The molecule has 0 aliphatic carbocycles. The van der Waals surface area contributed by atoms with Crippen LogP contribution in [0.4, 0.5) is 5.69 Å². The van der Waals surface area contributed by atoms with Crippen molar-refractivity contribution in [3.8, 4) is 0 Å². The molecule has 2 nitrogen and oxygen atoms in total. The van der Waals surface area contributed by atoms with Crippen molar-refractivity contribution >= 4 is 23.0 Å². The Labute approximate surface area is 234 Å². The van der Waals surface area contributed by atoms with Crippen LogP contribution >= 0.6 is 12.2 Å². The molecule has 1 atom stereocenters. The van der Waals surface area contributed by atoms with Gasteiger partial charge in [-0.15, -0.1) is 0 Å². The van der Waals surface area contributed by atoms with Gasteiger partial charge in [-0.05, 0) is 41.4 Å². The van der Waals surface area contributed by atoms with Gasteiger partial charge in [-0.3, -0.25) is 0 Å². The van der Waals surface area contributed by atoms with E-state index >= 15 is 0 Å². The number of thiocarbonyl (C=S) groups is 1. The molecule has 0 aromatic heterocycles. The summed E-state index contributed by atoms with van der Waals surface area (Å²) in [5, 5.41) is 0.851. The van der Waals surface area contributed by atoms with Crippen LogP contribution in [0.3, 0.4) is 0 Å². The molecule has 1 aliphatic heterocycles. The number of anilines is 1. The Kier molecular flexibility index (Phi) is 15.8. The van der Waals surface area contributed by atoms with E-state index in [1.807, 2.05) is 55.4 Å². The summed E-state index contributed by atoms with van der Waals surface area (Å²) in [6.07, 6.45) is 0. The van der Waals surface area contributed by atoms with E-state index in [0.717, 1.165) is 5.11 Å². The molecule has 3 heteroatoms. The molecule has 0 fully saturated rings. The number of aryl methyl sites for hydroxylation is 1. The Morgan fingerprint density at radius 2 is 1.14 bits per heavy atom. The predicted octanol–water partition coefficient (Wildman–Crippen LogP) is 10.2. The molecule has 0 spiro atoms. The molecule has 1 unspecified atom stereocenters. The van der Waals surface area contributed by atoms with E-state index in [1.54, 1.807) is 0 Å². The fourth-order valence-electron chi connectivity index (χ4n) is 4.55. The second kappa shape index (κ2) is 17.0. The molecule has 0 bridgehead atoms. The van der Waals surface area contributed by atoms with Crippen molar-refractivity contribution in [3.63, 3.8) is 0 Å². The minimum Gasteiger partial charge on any atom is -0.341 e. The second-order valence-corrected chi connectivity index (χ2v) is 8.85. The third-order valence-electron chi connectivity index (χ3n) is 6.27. The lowest BCUT2D eigenvalue weighted by atomic mass is 9.76. The van der Waals surface area contributed by atoms with Crippen molar-refractivity contribution in [1.29, 1.82) is 0 Å². The normalized spacial score (nSPS) is 13.8. The van der Waals surface area contributed by atoms with Crippen molar-refractivity contribution in [1.82, 2.24) is 4.90 Å². The van der Waals surface area contributed by atoms with E-state index in [9.17, 15) is 0 Å². The molecule has 0 amide bonds. The molecule has 3 aromatic carbocycles. The smallest absolute Gasteiger partial charge is 0.176 e. The van der Waals surface area contributed by atoms with Crippen LogP contribution in [0, 0.1) is 6.92 Å². The number of hydrogen-bond donors (Lipinski definition) is 0. The van der Waals surface area contributed by atoms with E-state index in [0.29, 0.717) is 0 Å². The van der Waals surface area contributed by atoms with Crippen molar-refractivity contribution < 1.29 is 0 Å².